The van der Waals surface area contributed by atoms with Crippen LogP contribution in [-0.2, 0) is 18.2 Å². The van der Waals surface area contributed by atoms with E-state index in [-0.39, 0.29) is 11.4 Å². The predicted molar refractivity (Wildman–Crippen MR) is 114 cm³/mol. The molecule has 0 amide bonds. The van der Waals surface area contributed by atoms with Gasteiger partial charge in [-0.2, -0.15) is 5.10 Å². The average molecular weight is 403 g/mol. The molecule has 0 aliphatic heterocycles. The van der Waals surface area contributed by atoms with Gasteiger partial charge in [0.05, 0.1) is 24.1 Å². The lowest BCUT2D eigenvalue weighted by Crippen LogP contribution is -2.09. The molecule has 1 aromatic carbocycles. The van der Waals surface area contributed by atoms with Crippen molar-refractivity contribution in [3.05, 3.63) is 60.2 Å². The number of pyridine rings is 2. The standard InChI is InChI=1S/C22H21N5O3/c1-27-12-15(10-25-27)13-3-5-14(6-4-13)18-11-24-21(23)20-16(18)9-17(22(28)29)19(26-20)7-8-30-2/h3-6,9-12H,7-8H2,1-2H3,(H2,23,24)(H,28,29). The van der Waals surface area contributed by atoms with E-state index in [2.05, 4.69) is 15.1 Å². The molecule has 3 heterocycles. The summed E-state index contributed by atoms with van der Waals surface area (Å²) in [4.78, 5) is 20.6. The van der Waals surface area contributed by atoms with E-state index in [4.69, 9.17) is 10.5 Å². The van der Waals surface area contributed by atoms with E-state index in [1.807, 2.05) is 37.5 Å². The Bertz CT molecular complexity index is 1230. The minimum Gasteiger partial charge on any atom is -0.478 e. The van der Waals surface area contributed by atoms with Crippen LogP contribution < -0.4 is 5.73 Å². The van der Waals surface area contributed by atoms with Gasteiger partial charge < -0.3 is 15.6 Å². The molecular weight excluding hydrogens is 382 g/mol. The summed E-state index contributed by atoms with van der Waals surface area (Å²) in [6, 6.07) is 9.54. The fraction of sp³-hybridized carbons (Fsp3) is 0.182. The largest absolute Gasteiger partial charge is 0.478 e. The first-order valence-corrected chi connectivity index (χ1v) is 9.37. The molecule has 3 N–H and O–H groups in total. The highest BCUT2D eigenvalue weighted by atomic mass is 16.5. The fourth-order valence-corrected chi connectivity index (χ4v) is 3.43. The lowest BCUT2D eigenvalue weighted by molar-refractivity contribution is 0.0695. The Balaban J connectivity index is 1.83. The molecule has 4 rings (SSSR count). The van der Waals surface area contributed by atoms with Crippen LogP contribution in [0.15, 0.2) is 48.9 Å². The molecule has 8 heteroatoms. The van der Waals surface area contributed by atoms with E-state index in [0.29, 0.717) is 29.6 Å². The SMILES string of the molecule is COCCc1nc2c(N)ncc(-c3ccc(-c4cnn(C)c4)cc3)c2cc1C(=O)O. The number of hydrogen-bond acceptors (Lipinski definition) is 6. The van der Waals surface area contributed by atoms with Crippen molar-refractivity contribution in [3.8, 4) is 22.3 Å². The van der Waals surface area contributed by atoms with Gasteiger partial charge in [0.15, 0.2) is 0 Å². The van der Waals surface area contributed by atoms with Crippen LogP contribution in [0.5, 0.6) is 0 Å². The second-order valence-corrected chi connectivity index (χ2v) is 6.96. The zero-order valence-corrected chi connectivity index (χ0v) is 16.7. The van der Waals surface area contributed by atoms with Crippen molar-refractivity contribution in [2.45, 2.75) is 6.42 Å². The van der Waals surface area contributed by atoms with Gasteiger partial charge in [-0.3, -0.25) is 4.68 Å². The van der Waals surface area contributed by atoms with Gasteiger partial charge in [-0.15, -0.1) is 0 Å². The van der Waals surface area contributed by atoms with Crippen molar-refractivity contribution in [1.29, 1.82) is 0 Å². The van der Waals surface area contributed by atoms with Gasteiger partial charge in [0.1, 0.15) is 11.3 Å². The highest BCUT2D eigenvalue weighted by Gasteiger charge is 2.17. The Morgan fingerprint density at radius 1 is 1.17 bits per heavy atom. The van der Waals surface area contributed by atoms with Crippen molar-refractivity contribution >= 4 is 22.7 Å². The van der Waals surface area contributed by atoms with Gasteiger partial charge in [-0.05, 0) is 17.2 Å². The second-order valence-electron chi connectivity index (χ2n) is 6.96. The van der Waals surface area contributed by atoms with Gasteiger partial charge in [0, 0.05) is 49.5 Å². The molecule has 152 valence electrons. The third kappa shape index (κ3) is 3.60. The molecule has 0 unspecified atom stereocenters. The summed E-state index contributed by atoms with van der Waals surface area (Å²) in [5.74, 6) is -0.778. The first-order chi connectivity index (χ1) is 14.5. The number of rotatable bonds is 6. The molecule has 0 bridgehead atoms. The number of aromatic nitrogens is 4. The Morgan fingerprint density at radius 3 is 2.53 bits per heavy atom. The number of nitrogens with two attached hydrogens (primary N) is 1. The van der Waals surface area contributed by atoms with Crippen LogP contribution in [0.4, 0.5) is 5.82 Å². The molecule has 0 spiro atoms. The van der Waals surface area contributed by atoms with Crippen molar-refractivity contribution in [3.63, 3.8) is 0 Å². The molecule has 3 aromatic heterocycles. The van der Waals surface area contributed by atoms with E-state index in [1.54, 1.807) is 30.3 Å². The third-order valence-corrected chi connectivity index (χ3v) is 4.97. The van der Waals surface area contributed by atoms with Gasteiger partial charge in [0.25, 0.3) is 0 Å². The van der Waals surface area contributed by atoms with Crippen LogP contribution in [0.25, 0.3) is 33.2 Å². The number of anilines is 1. The number of benzene rings is 1. The Morgan fingerprint density at radius 2 is 1.90 bits per heavy atom. The number of carboxylic acid groups (broad SMARTS) is 1. The number of methoxy groups -OCH3 is 1. The number of carbonyl (C=O) groups is 1. The van der Waals surface area contributed by atoms with Crippen LogP contribution in [-0.4, -0.2) is 44.5 Å². The summed E-state index contributed by atoms with van der Waals surface area (Å²) in [6.07, 6.45) is 5.77. The Hall–Kier alpha value is -3.78. The molecule has 0 aliphatic carbocycles. The van der Waals surface area contributed by atoms with Crippen molar-refractivity contribution in [1.82, 2.24) is 19.7 Å². The number of aryl methyl sites for hydroxylation is 1. The number of aromatic carboxylic acids is 1. The summed E-state index contributed by atoms with van der Waals surface area (Å²) in [6.45, 7) is 0.363. The lowest BCUT2D eigenvalue weighted by atomic mass is 9.98. The molecule has 4 aromatic rings. The normalized spacial score (nSPS) is 11.1. The number of carboxylic acids is 1. The van der Waals surface area contributed by atoms with E-state index in [9.17, 15) is 9.90 Å². The lowest BCUT2D eigenvalue weighted by Gasteiger charge is -2.12. The van der Waals surface area contributed by atoms with E-state index < -0.39 is 5.97 Å². The van der Waals surface area contributed by atoms with Gasteiger partial charge in [-0.1, -0.05) is 24.3 Å². The van der Waals surface area contributed by atoms with E-state index in [1.165, 1.54) is 0 Å². The zero-order chi connectivity index (χ0) is 21.3. The molecule has 0 aliphatic rings. The average Bonchev–Trinajstić information content (AvgIpc) is 3.18. The molecular formula is C22H21N5O3. The number of fused-ring (bicyclic) bond motifs is 1. The van der Waals surface area contributed by atoms with Crippen molar-refractivity contribution in [2.75, 3.05) is 19.5 Å². The Labute approximate surface area is 173 Å². The molecule has 0 radical (unpaired) electrons. The summed E-state index contributed by atoms with van der Waals surface area (Å²) < 4.78 is 6.83. The molecule has 0 atom stereocenters. The molecule has 0 fully saturated rings. The summed E-state index contributed by atoms with van der Waals surface area (Å²) in [5.41, 5.74) is 10.8. The summed E-state index contributed by atoms with van der Waals surface area (Å²) in [5, 5.41) is 14.5. The number of ether oxygens (including phenoxy) is 1. The number of nitrogen functional groups attached to an aromatic ring is 1. The fourth-order valence-electron chi connectivity index (χ4n) is 3.43. The van der Waals surface area contributed by atoms with Gasteiger partial charge >= 0.3 is 5.97 Å². The topological polar surface area (TPSA) is 116 Å². The molecule has 0 saturated carbocycles. The first kappa shape index (κ1) is 19.5. The highest BCUT2D eigenvalue weighted by molar-refractivity contribution is 6.03. The van der Waals surface area contributed by atoms with Gasteiger partial charge in [-0.25, -0.2) is 14.8 Å². The quantitative estimate of drug-likeness (QED) is 0.508. The molecule has 8 nitrogen and oxygen atoms in total. The minimum atomic E-state index is -1.04. The molecule has 0 saturated heterocycles. The maximum atomic E-state index is 11.8. The van der Waals surface area contributed by atoms with Crippen LogP contribution >= 0.6 is 0 Å². The summed E-state index contributed by atoms with van der Waals surface area (Å²) in [7, 11) is 3.43. The number of hydrogen-bond donors (Lipinski definition) is 2. The maximum absolute atomic E-state index is 11.8. The maximum Gasteiger partial charge on any atom is 0.337 e. The Kier molecular flexibility index (Phi) is 5.16. The predicted octanol–water partition coefficient (Wildman–Crippen LogP) is 3.17. The smallest absolute Gasteiger partial charge is 0.337 e. The van der Waals surface area contributed by atoms with Gasteiger partial charge in [0.2, 0.25) is 0 Å². The first-order valence-electron chi connectivity index (χ1n) is 9.37. The van der Waals surface area contributed by atoms with Crippen LogP contribution in [0.2, 0.25) is 0 Å². The van der Waals surface area contributed by atoms with Crippen molar-refractivity contribution < 1.29 is 14.6 Å². The zero-order valence-electron chi connectivity index (χ0n) is 16.7. The number of nitrogens with zero attached hydrogens (tertiary/aromatic N) is 4. The molecule has 30 heavy (non-hydrogen) atoms. The van der Waals surface area contributed by atoms with Crippen LogP contribution in [0, 0.1) is 0 Å². The second kappa shape index (κ2) is 7.92. The third-order valence-electron chi connectivity index (χ3n) is 4.97. The van der Waals surface area contributed by atoms with Crippen molar-refractivity contribution in [2.24, 2.45) is 7.05 Å². The van der Waals surface area contributed by atoms with E-state index in [0.717, 1.165) is 22.3 Å². The monoisotopic (exact) mass is 403 g/mol. The highest BCUT2D eigenvalue weighted by Crippen LogP contribution is 2.32. The summed E-state index contributed by atoms with van der Waals surface area (Å²) >= 11 is 0. The van der Waals surface area contributed by atoms with Crippen LogP contribution in [0.3, 0.4) is 0 Å². The van der Waals surface area contributed by atoms with Crippen LogP contribution in [0.1, 0.15) is 16.1 Å². The van der Waals surface area contributed by atoms with E-state index >= 15 is 0 Å². The minimum absolute atomic E-state index is 0.137.